The normalized spacial score (nSPS) is 18.7. The Hall–Kier alpha value is -5.14. The first-order valence-electron chi connectivity index (χ1n) is 21.0. The summed E-state index contributed by atoms with van der Waals surface area (Å²) in [5, 5.41) is 0.662. The van der Waals surface area contributed by atoms with E-state index in [0.717, 1.165) is 5.39 Å². The van der Waals surface area contributed by atoms with Crippen molar-refractivity contribution in [3.05, 3.63) is 144 Å². The minimum absolute atomic E-state index is 0.0180. The van der Waals surface area contributed by atoms with Crippen molar-refractivity contribution < 1.29 is 25.0 Å². The Morgan fingerprint density at radius 2 is 1.12 bits per heavy atom. The molecule has 0 unspecified atom stereocenters. The molecule has 1 nitrogen and oxygen atoms in total. The zero-order valence-corrected chi connectivity index (χ0v) is 22.4. The molecule has 0 spiro atoms. The van der Waals surface area contributed by atoms with E-state index in [0.29, 0.717) is 22.1 Å². The lowest BCUT2D eigenvalue weighted by Crippen LogP contribution is -2.14. The number of fused-ring (bicyclic) bond motifs is 8. The van der Waals surface area contributed by atoms with E-state index >= 15 is 0 Å². The predicted molar refractivity (Wildman–Crippen MR) is 177 cm³/mol. The summed E-state index contributed by atoms with van der Waals surface area (Å²) in [7, 11) is 0. The van der Waals surface area contributed by atoms with Gasteiger partial charge < -0.3 is 4.42 Å². The van der Waals surface area contributed by atoms with Crippen molar-refractivity contribution in [3.8, 4) is 33.4 Å². The highest BCUT2D eigenvalue weighted by Gasteiger charge is 2.35. The third kappa shape index (κ3) is 3.14. The molecular formula is C41H28O. The Balaban J connectivity index is 1.55. The summed E-state index contributed by atoms with van der Waals surface area (Å²) in [5.74, 6) is 0. The van der Waals surface area contributed by atoms with Crippen LogP contribution in [0.2, 0.25) is 0 Å². The van der Waals surface area contributed by atoms with Crippen LogP contribution in [0.5, 0.6) is 0 Å². The van der Waals surface area contributed by atoms with Crippen LogP contribution in [0.3, 0.4) is 0 Å². The SMILES string of the molecule is [2H]c1c([2H])c([2H])c2c(c1[2H])-c1c([2H])c([2H])c(-c3c4c([2H])c([2H])c([2H])c([2H])c4c(-c4ccc5oc6ccccc6c5c4)c4c([2H])c([2H])c([2H])c([2H])c34)c([2H])c1C2(C)C. The lowest BCUT2D eigenvalue weighted by molar-refractivity contribution is 0.660. The third-order valence-corrected chi connectivity index (χ3v) is 8.29. The zero-order chi connectivity index (χ0) is 41.1. The molecule has 8 aromatic rings. The molecule has 0 N–H and O–H groups in total. The van der Waals surface area contributed by atoms with E-state index in [-0.39, 0.29) is 66.5 Å². The number of furan rings is 1. The molecule has 0 bridgehead atoms. The van der Waals surface area contributed by atoms with Crippen molar-refractivity contribution in [3.63, 3.8) is 0 Å². The van der Waals surface area contributed by atoms with Crippen LogP contribution in [0.15, 0.2) is 138 Å². The van der Waals surface area contributed by atoms with Gasteiger partial charge in [0, 0.05) is 16.2 Å². The van der Waals surface area contributed by atoms with Crippen molar-refractivity contribution >= 4 is 43.5 Å². The fourth-order valence-electron chi connectivity index (χ4n) is 6.33. The lowest BCUT2D eigenvalue weighted by Gasteiger charge is -2.23. The van der Waals surface area contributed by atoms with E-state index in [9.17, 15) is 9.60 Å². The highest BCUT2D eigenvalue weighted by atomic mass is 16.3. The molecule has 1 aromatic heterocycles. The number of benzene rings is 7. The number of para-hydroxylation sites is 1. The van der Waals surface area contributed by atoms with Gasteiger partial charge in [0.05, 0.1) is 20.6 Å². The summed E-state index contributed by atoms with van der Waals surface area (Å²) in [6, 6.07) is 4.06. The van der Waals surface area contributed by atoms with Crippen molar-refractivity contribution in [1.29, 1.82) is 0 Å². The number of hydrogen-bond donors (Lipinski definition) is 0. The number of rotatable bonds is 2. The molecule has 42 heavy (non-hydrogen) atoms. The maximum absolute atomic E-state index is 9.83. The molecule has 0 saturated carbocycles. The van der Waals surface area contributed by atoms with Gasteiger partial charge in [-0.05, 0) is 90.3 Å². The van der Waals surface area contributed by atoms with Crippen molar-refractivity contribution in [2.75, 3.05) is 0 Å². The fourth-order valence-corrected chi connectivity index (χ4v) is 6.33. The topological polar surface area (TPSA) is 13.1 Å². The summed E-state index contributed by atoms with van der Waals surface area (Å²) in [6.07, 6.45) is 0. The molecule has 198 valence electrons. The van der Waals surface area contributed by atoms with Gasteiger partial charge in [-0.1, -0.05) is 123 Å². The summed E-state index contributed by atoms with van der Waals surface area (Å²) in [5.41, 5.74) is -0.311. The summed E-state index contributed by atoms with van der Waals surface area (Å²) in [6.45, 7) is 3.27. The van der Waals surface area contributed by atoms with E-state index in [4.69, 9.17) is 15.4 Å². The van der Waals surface area contributed by atoms with Gasteiger partial charge in [-0.3, -0.25) is 0 Å². The highest BCUT2D eigenvalue weighted by molar-refractivity contribution is 6.22. The van der Waals surface area contributed by atoms with Crippen LogP contribution in [0.4, 0.5) is 0 Å². The maximum Gasteiger partial charge on any atom is 0.135 e. The third-order valence-electron chi connectivity index (χ3n) is 8.29. The van der Waals surface area contributed by atoms with Crippen LogP contribution in [-0.4, -0.2) is 0 Å². The molecule has 1 aliphatic rings. The van der Waals surface area contributed by atoms with E-state index in [1.54, 1.807) is 38.1 Å². The van der Waals surface area contributed by atoms with Crippen LogP contribution < -0.4 is 0 Å². The van der Waals surface area contributed by atoms with Crippen LogP contribution in [0.1, 0.15) is 45.5 Å². The monoisotopic (exact) mass is 551 g/mol. The Labute approximate surface area is 265 Å². The first kappa shape index (κ1) is 13.2. The van der Waals surface area contributed by atoms with E-state index < -0.39 is 90.0 Å². The van der Waals surface area contributed by atoms with Gasteiger partial charge in [-0.2, -0.15) is 0 Å². The molecule has 7 aromatic carbocycles. The van der Waals surface area contributed by atoms with Crippen LogP contribution in [0, 0.1) is 0 Å². The second kappa shape index (κ2) is 8.44. The predicted octanol–water partition coefficient (Wildman–Crippen LogP) is 11.5. The highest BCUT2D eigenvalue weighted by Crippen LogP contribution is 2.51. The first-order valence-corrected chi connectivity index (χ1v) is 13.5. The average Bonchev–Trinajstić information content (AvgIpc) is 3.68. The van der Waals surface area contributed by atoms with Crippen LogP contribution in [-0.2, 0) is 5.41 Å². The largest absolute Gasteiger partial charge is 0.456 e. The van der Waals surface area contributed by atoms with Gasteiger partial charge in [-0.25, -0.2) is 0 Å². The summed E-state index contributed by atoms with van der Waals surface area (Å²) < 4.78 is 142. The van der Waals surface area contributed by atoms with Gasteiger partial charge in [0.1, 0.15) is 11.2 Å². The molecule has 0 atom stereocenters. The van der Waals surface area contributed by atoms with Gasteiger partial charge in [0.2, 0.25) is 0 Å². The Bertz CT molecular complexity index is 3140. The van der Waals surface area contributed by atoms with E-state index in [2.05, 4.69) is 0 Å². The first-order chi connectivity index (χ1) is 26.8. The molecule has 9 rings (SSSR count). The number of hydrogen-bond acceptors (Lipinski definition) is 1. The quantitative estimate of drug-likeness (QED) is 0.195. The molecule has 1 heteroatoms. The Morgan fingerprint density at radius 1 is 0.524 bits per heavy atom. The molecular weight excluding hydrogens is 508 g/mol. The van der Waals surface area contributed by atoms with E-state index in [1.165, 1.54) is 0 Å². The van der Waals surface area contributed by atoms with Crippen LogP contribution >= 0.6 is 0 Å². The standard InChI is InChI=1S/C41H28O/c1-41(2)35-17-9-7-11-27(35)28-21-19-26(24-36(28)41)40-32-15-5-3-13-30(32)39(31-14-4-6-16-33(31)40)25-20-22-38-34(23-25)29-12-8-10-18-37(29)42-38/h3-24H,1-2H3/i3D,4D,5D,6D,7D,9D,11D,13D,14D,15D,16D,17D,19D,21D,24D. The molecule has 0 amide bonds. The minimum Gasteiger partial charge on any atom is -0.456 e. The van der Waals surface area contributed by atoms with Crippen molar-refractivity contribution in [1.82, 2.24) is 0 Å². The van der Waals surface area contributed by atoms with E-state index in [1.807, 2.05) is 18.2 Å². The summed E-state index contributed by atoms with van der Waals surface area (Å²) in [4.78, 5) is 0. The summed E-state index contributed by atoms with van der Waals surface area (Å²) >= 11 is 0. The molecule has 0 aliphatic heterocycles. The zero-order valence-electron chi connectivity index (χ0n) is 37.4. The van der Waals surface area contributed by atoms with Gasteiger partial charge in [-0.15, -0.1) is 0 Å². The smallest absolute Gasteiger partial charge is 0.135 e. The lowest BCUT2D eigenvalue weighted by atomic mass is 9.80. The maximum atomic E-state index is 9.83. The van der Waals surface area contributed by atoms with Crippen molar-refractivity contribution in [2.45, 2.75) is 19.3 Å². The van der Waals surface area contributed by atoms with Gasteiger partial charge >= 0.3 is 0 Å². The van der Waals surface area contributed by atoms with Crippen molar-refractivity contribution in [2.24, 2.45) is 0 Å². The minimum atomic E-state index is -1.34. The Kier molecular flexibility index (Phi) is 2.66. The average molecular weight is 552 g/mol. The Morgan fingerprint density at radius 3 is 1.86 bits per heavy atom. The van der Waals surface area contributed by atoms with Crippen LogP contribution in [0.25, 0.3) is 76.9 Å². The fraction of sp³-hybridized carbons (Fsp3) is 0.0732. The van der Waals surface area contributed by atoms with Gasteiger partial charge in [0.15, 0.2) is 0 Å². The second-order valence-electron chi connectivity index (χ2n) is 10.9. The molecule has 1 aliphatic carbocycles. The molecule has 0 saturated heterocycles. The molecule has 0 fully saturated rings. The molecule has 1 heterocycles. The molecule has 0 radical (unpaired) electrons. The second-order valence-corrected chi connectivity index (χ2v) is 10.9. The van der Waals surface area contributed by atoms with Gasteiger partial charge in [0.25, 0.3) is 0 Å².